The Kier molecular flexibility index (Phi) is 5.21. The molecule has 2 heterocycles. The normalized spacial score (nSPS) is 19.9. The highest BCUT2D eigenvalue weighted by molar-refractivity contribution is 6.43. The van der Waals surface area contributed by atoms with Crippen molar-refractivity contribution in [2.24, 2.45) is 0 Å². The number of phenolic OH excluding ortho intramolecular Hbond substituents is 2. The third-order valence-corrected chi connectivity index (χ3v) is 6.39. The lowest BCUT2D eigenvalue weighted by Crippen LogP contribution is -2.33. The second-order valence-corrected chi connectivity index (χ2v) is 8.02. The van der Waals surface area contributed by atoms with E-state index in [1.54, 1.807) is 18.2 Å². The van der Waals surface area contributed by atoms with E-state index in [9.17, 15) is 20.1 Å². The van der Waals surface area contributed by atoms with Gasteiger partial charge in [0.05, 0.1) is 16.7 Å². The van der Waals surface area contributed by atoms with E-state index in [-0.39, 0.29) is 51.8 Å². The van der Waals surface area contributed by atoms with E-state index >= 15 is 0 Å². The number of benzene rings is 2. The Bertz CT molecular complexity index is 1160. The summed E-state index contributed by atoms with van der Waals surface area (Å²) in [5, 5.41) is 30.6. The number of nitrogens with zero attached hydrogens (tertiary/aromatic N) is 1. The topological polar surface area (TPSA) is 94.1 Å². The first-order valence-electron chi connectivity index (χ1n) is 9.11. The second-order valence-electron chi connectivity index (χ2n) is 7.24. The van der Waals surface area contributed by atoms with Gasteiger partial charge in [0.25, 0.3) is 0 Å². The lowest BCUT2D eigenvalue weighted by atomic mass is 9.88. The van der Waals surface area contributed by atoms with Crippen molar-refractivity contribution in [3.63, 3.8) is 0 Å². The van der Waals surface area contributed by atoms with Crippen molar-refractivity contribution in [3.05, 3.63) is 56.2 Å². The molecular weight excluding hydrogens is 417 g/mol. The van der Waals surface area contributed by atoms with Crippen LogP contribution in [0.15, 0.2) is 39.5 Å². The Morgan fingerprint density at radius 1 is 1.24 bits per heavy atom. The van der Waals surface area contributed by atoms with Crippen LogP contribution in [0.3, 0.4) is 0 Å². The highest BCUT2D eigenvalue weighted by Crippen LogP contribution is 2.42. The summed E-state index contributed by atoms with van der Waals surface area (Å²) in [6.45, 7) is 0.556. The molecule has 1 aromatic heterocycles. The molecule has 6 nitrogen and oxygen atoms in total. The summed E-state index contributed by atoms with van der Waals surface area (Å²) >= 11 is 12.6. The summed E-state index contributed by atoms with van der Waals surface area (Å²) in [5.74, 6) is -0.712. The summed E-state index contributed by atoms with van der Waals surface area (Å²) in [7, 11) is 1.88. The van der Waals surface area contributed by atoms with Crippen LogP contribution in [0.2, 0.25) is 10.0 Å². The molecule has 2 aromatic carbocycles. The minimum atomic E-state index is -0.423. The van der Waals surface area contributed by atoms with E-state index < -0.39 is 5.43 Å². The van der Waals surface area contributed by atoms with Crippen LogP contribution in [-0.2, 0) is 0 Å². The Labute approximate surface area is 176 Å². The third-order valence-electron chi connectivity index (χ3n) is 5.57. The molecule has 4 rings (SSSR count). The quantitative estimate of drug-likeness (QED) is 0.576. The van der Waals surface area contributed by atoms with Crippen LogP contribution < -0.4 is 5.43 Å². The van der Waals surface area contributed by atoms with Crippen LogP contribution in [0, 0.1) is 0 Å². The molecule has 1 aliphatic heterocycles. The lowest BCUT2D eigenvalue weighted by molar-refractivity contribution is 0.172. The maximum absolute atomic E-state index is 13.5. The van der Waals surface area contributed by atoms with E-state index in [0.717, 1.165) is 6.07 Å². The highest BCUT2D eigenvalue weighted by Gasteiger charge is 2.37. The molecule has 0 bridgehead atoms. The van der Waals surface area contributed by atoms with Gasteiger partial charge < -0.3 is 24.6 Å². The Morgan fingerprint density at radius 2 is 2.00 bits per heavy atom. The number of halogens is 2. The molecule has 8 heteroatoms. The van der Waals surface area contributed by atoms with Crippen molar-refractivity contribution in [2.45, 2.75) is 18.4 Å². The Morgan fingerprint density at radius 3 is 2.72 bits per heavy atom. The molecule has 0 amide bonds. The fourth-order valence-electron chi connectivity index (χ4n) is 4.13. The van der Waals surface area contributed by atoms with Crippen LogP contribution in [0.5, 0.6) is 11.5 Å². The zero-order valence-corrected chi connectivity index (χ0v) is 17.0. The molecule has 29 heavy (non-hydrogen) atoms. The number of aliphatic hydroxyl groups excluding tert-OH is 1. The molecule has 3 aromatic rings. The number of aliphatic hydroxyl groups is 1. The molecule has 0 spiro atoms. The summed E-state index contributed by atoms with van der Waals surface area (Å²) in [6.07, 6.45) is 0.627. The monoisotopic (exact) mass is 435 g/mol. The minimum absolute atomic E-state index is 0.0223. The van der Waals surface area contributed by atoms with Crippen molar-refractivity contribution >= 4 is 34.2 Å². The largest absolute Gasteiger partial charge is 0.508 e. The number of hydrogen-bond donors (Lipinski definition) is 3. The van der Waals surface area contributed by atoms with E-state index in [4.69, 9.17) is 27.6 Å². The SMILES string of the molecule is CN1CC[C@H](c2c(-c3cccc(Cl)c3Cl)oc3cc(O)cc(O)c3c2=O)[C@H]1CO. The Balaban J connectivity index is 2.10. The van der Waals surface area contributed by atoms with Gasteiger partial charge in [-0.3, -0.25) is 4.79 Å². The van der Waals surface area contributed by atoms with Gasteiger partial charge in [0.15, 0.2) is 0 Å². The van der Waals surface area contributed by atoms with Gasteiger partial charge in [0, 0.05) is 35.2 Å². The van der Waals surface area contributed by atoms with Gasteiger partial charge in [-0.2, -0.15) is 0 Å². The average Bonchev–Trinajstić information content (AvgIpc) is 3.03. The number of fused-ring (bicyclic) bond motifs is 1. The van der Waals surface area contributed by atoms with Gasteiger partial charge in [0.1, 0.15) is 28.2 Å². The van der Waals surface area contributed by atoms with Gasteiger partial charge in [-0.25, -0.2) is 0 Å². The first-order chi connectivity index (χ1) is 13.8. The van der Waals surface area contributed by atoms with Crippen molar-refractivity contribution in [1.29, 1.82) is 0 Å². The second kappa shape index (κ2) is 7.54. The molecule has 1 saturated heterocycles. The molecule has 2 atom stereocenters. The van der Waals surface area contributed by atoms with Crippen LogP contribution >= 0.6 is 23.2 Å². The van der Waals surface area contributed by atoms with Crippen LogP contribution in [0.1, 0.15) is 17.9 Å². The molecule has 152 valence electrons. The number of aromatic hydroxyl groups is 2. The summed E-state index contributed by atoms with van der Waals surface area (Å²) in [4.78, 5) is 15.5. The molecular formula is C21H19Cl2NO5. The number of likely N-dealkylation sites (N-methyl/N-ethyl adjacent to an activating group) is 1. The first-order valence-corrected chi connectivity index (χ1v) is 9.87. The summed E-state index contributed by atoms with van der Waals surface area (Å²) in [6, 6.07) is 7.10. The molecule has 0 aliphatic carbocycles. The number of rotatable bonds is 3. The van der Waals surface area contributed by atoms with E-state index in [2.05, 4.69) is 0 Å². The fraction of sp³-hybridized carbons (Fsp3) is 0.286. The van der Waals surface area contributed by atoms with Crippen LogP contribution in [0.4, 0.5) is 0 Å². The standard InChI is InChI=1S/C21H19Cl2NO5/c1-24-6-5-11(14(24)9-25)17-20(28)18-15(27)7-10(26)8-16(18)29-21(17)12-3-2-4-13(22)19(12)23/h2-4,7-8,11,14,25-27H,5-6,9H2,1H3/t11-,14+/m0/s1. The fourth-order valence-corrected chi connectivity index (χ4v) is 4.51. The van der Waals surface area contributed by atoms with Gasteiger partial charge in [0.2, 0.25) is 5.43 Å². The lowest BCUT2D eigenvalue weighted by Gasteiger charge is -2.24. The number of likely N-dealkylation sites (tertiary alicyclic amines) is 1. The van der Waals surface area contributed by atoms with Crippen molar-refractivity contribution < 1.29 is 19.7 Å². The van der Waals surface area contributed by atoms with Crippen molar-refractivity contribution in [3.8, 4) is 22.8 Å². The molecule has 1 aliphatic rings. The number of phenols is 2. The number of hydrogen-bond acceptors (Lipinski definition) is 6. The third kappa shape index (κ3) is 3.26. The zero-order chi connectivity index (χ0) is 20.9. The average molecular weight is 436 g/mol. The summed E-state index contributed by atoms with van der Waals surface area (Å²) in [5.41, 5.74) is 0.371. The van der Waals surface area contributed by atoms with E-state index in [1.807, 2.05) is 11.9 Å². The molecule has 0 unspecified atom stereocenters. The van der Waals surface area contributed by atoms with Crippen LogP contribution in [-0.4, -0.2) is 46.5 Å². The predicted molar refractivity (Wildman–Crippen MR) is 112 cm³/mol. The van der Waals surface area contributed by atoms with Gasteiger partial charge in [-0.05, 0) is 32.1 Å². The minimum Gasteiger partial charge on any atom is -0.508 e. The maximum Gasteiger partial charge on any atom is 0.200 e. The first kappa shape index (κ1) is 20.0. The molecule has 3 N–H and O–H groups in total. The van der Waals surface area contributed by atoms with E-state index in [0.29, 0.717) is 29.1 Å². The zero-order valence-electron chi connectivity index (χ0n) is 15.5. The van der Waals surface area contributed by atoms with Gasteiger partial charge in [-0.1, -0.05) is 29.3 Å². The molecule has 0 radical (unpaired) electrons. The highest BCUT2D eigenvalue weighted by atomic mass is 35.5. The smallest absolute Gasteiger partial charge is 0.200 e. The summed E-state index contributed by atoms with van der Waals surface area (Å²) < 4.78 is 6.03. The van der Waals surface area contributed by atoms with Gasteiger partial charge >= 0.3 is 0 Å². The molecule has 1 fully saturated rings. The predicted octanol–water partition coefficient (Wildman–Crippen LogP) is 3.96. The van der Waals surface area contributed by atoms with Crippen molar-refractivity contribution in [2.75, 3.05) is 20.2 Å². The molecule has 0 saturated carbocycles. The van der Waals surface area contributed by atoms with Crippen molar-refractivity contribution in [1.82, 2.24) is 4.90 Å². The van der Waals surface area contributed by atoms with Gasteiger partial charge in [-0.15, -0.1) is 0 Å². The van der Waals surface area contributed by atoms with E-state index in [1.165, 1.54) is 6.07 Å². The maximum atomic E-state index is 13.5. The Hall–Kier alpha value is -2.25. The van der Waals surface area contributed by atoms with Crippen LogP contribution in [0.25, 0.3) is 22.3 Å².